The summed E-state index contributed by atoms with van der Waals surface area (Å²) in [6.45, 7) is 8.20. The van der Waals surface area contributed by atoms with E-state index in [1.54, 1.807) is 6.08 Å². The summed E-state index contributed by atoms with van der Waals surface area (Å²) in [5, 5.41) is 3.33. The Hall–Kier alpha value is -1.28. The van der Waals surface area contributed by atoms with Gasteiger partial charge in [-0.2, -0.15) is 0 Å². The topological polar surface area (TPSA) is 21.3 Å². The molecule has 0 unspecified atom stereocenters. The normalized spacial score (nSPS) is 13.8. The second-order valence-corrected chi connectivity index (χ2v) is 3.55. The van der Waals surface area contributed by atoms with E-state index in [9.17, 15) is 0 Å². The number of rotatable bonds is 3. The van der Waals surface area contributed by atoms with E-state index < -0.39 is 0 Å². The number of nitrogens with one attached hydrogen (secondary N) is 1. The molecular formula is C12H15NO. The molecule has 1 N–H and O–H groups in total. The van der Waals surface area contributed by atoms with E-state index in [-0.39, 0.29) is 0 Å². The molecule has 74 valence electrons. The van der Waals surface area contributed by atoms with Crippen LogP contribution in [0.5, 0.6) is 5.75 Å². The van der Waals surface area contributed by atoms with Gasteiger partial charge in [0.15, 0.2) is 0 Å². The summed E-state index contributed by atoms with van der Waals surface area (Å²) < 4.78 is 5.67. The molecule has 1 aliphatic heterocycles. The zero-order valence-corrected chi connectivity index (χ0v) is 8.47. The first kappa shape index (κ1) is 9.28. The molecule has 2 heteroatoms. The van der Waals surface area contributed by atoms with Gasteiger partial charge in [-0.05, 0) is 18.1 Å². The Kier molecular flexibility index (Phi) is 2.55. The molecule has 1 aliphatic rings. The molecule has 0 saturated carbocycles. The van der Waals surface area contributed by atoms with Crippen LogP contribution >= 0.6 is 0 Å². The van der Waals surface area contributed by atoms with Crippen molar-refractivity contribution in [3.8, 4) is 5.75 Å². The van der Waals surface area contributed by atoms with Crippen LogP contribution in [-0.4, -0.2) is 6.61 Å². The summed E-state index contributed by atoms with van der Waals surface area (Å²) in [6.07, 6.45) is 1.78. The van der Waals surface area contributed by atoms with E-state index >= 15 is 0 Å². The third kappa shape index (κ3) is 1.53. The number of hydrogen-bond donors (Lipinski definition) is 1. The highest BCUT2D eigenvalue weighted by Gasteiger charge is 2.16. The highest BCUT2D eigenvalue weighted by atomic mass is 16.5. The molecule has 0 aliphatic carbocycles. The van der Waals surface area contributed by atoms with E-state index in [4.69, 9.17) is 4.74 Å². The monoisotopic (exact) mass is 189 g/mol. The Morgan fingerprint density at radius 3 is 3.14 bits per heavy atom. The van der Waals surface area contributed by atoms with E-state index in [2.05, 4.69) is 31.0 Å². The summed E-state index contributed by atoms with van der Waals surface area (Å²) >= 11 is 0. The lowest BCUT2D eigenvalue weighted by Gasteiger charge is -2.11. The minimum Gasteiger partial charge on any atom is -0.489 e. The van der Waals surface area contributed by atoms with Crippen molar-refractivity contribution in [1.82, 2.24) is 5.32 Å². The third-order valence-corrected chi connectivity index (χ3v) is 2.52. The van der Waals surface area contributed by atoms with Gasteiger partial charge in [0.05, 0.1) is 0 Å². The Morgan fingerprint density at radius 2 is 2.36 bits per heavy atom. The molecule has 2 nitrogen and oxygen atoms in total. The predicted octanol–water partition coefficient (Wildman–Crippen LogP) is 2.16. The van der Waals surface area contributed by atoms with Crippen LogP contribution < -0.4 is 10.1 Å². The molecule has 0 bridgehead atoms. The summed E-state index contributed by atoms with van der Waals surface area (Å²) in [5.74, 6) is 1.03. The minimum absolute atomic E-state index is 0.581. The molecule has 0 saturated heterocycles. The first-order chi connectivity index (χ1) is 6.83. The van der Waals surface area contributed by atoms with Gasteiger partial charge in [0.2, 0.25) is 0 Å². The van der Waals surface area contributed by atoms with Gasteiger partial charge in [0, 0.05) is 18.7 Å². The maximum Gasteiger partial charge on any atom is 0.127 e. The quantitative estimate of drug-likeness (QED) is 0.736. The van der Waals surface area contributed by atoms with E-state index in [1.807, 2.05) is 0 Å². The number of hydrogen-bond acceptors (Lipinski definition) is 2. The minimum atomic E-state index is 0.581. The van der Waals surface area contributed by atoms with Crippen molar-refractivity contribution >= 4 is 0 Å². The van der Waals surface area contributed by atoms with Gasteiger partial charge in [-0.15, -0.1) is 0 Å². The first-order valence-corrected chi connectivity index (χ1v) is 4.88. The second kappa shape index (κ2) is 3.84. The van der Waals surface area contributed by atoms with Gasteiger partial charge < -0.3 is 10.1 Å². The molecule has 14 heavy (non-hydrogen) atoms. The average Bonchev–Trinajstić information content (AvgIpc) is 2.64. The van der Waals surface area contributed by atoms with Gasteiger partial charge in [0.25, 0.3) is 0 Å². The summed E-state index contributed by atoms with van der Waals surface area (Å²) in [4.78, 5) is 0. The molecule has 0 amide bonds. The molecule has 0 atom stereocenters. The predicted molar refractivity (Wildman–Crippen MR) is 57.4 cm³/mol. The first-order valence-electron chi connectivity index (χ1n) is 4.88. The Balaban J connectivity index is 2.36. The van der Waals surface area contributed by atoms with Crippen LogP contribution in [0.3, 0.4) is 0 Å². The summed E-state index contributed by atoms with van der Waals surface area (Å²) in [6, 6.07) is 4.29. The lowest BCUT2D eigenvalue weighted by atomic mass is 10.1. The summed E-state index contributed by atoms with van der Waals surface area (Å²) in [5.41, 5.74) is 3.87. The standard InChI is InChI=1S/C12H15NO/c1-3-6-14-12-9(2)4-5-10-7-13-8-11(10)12/h3-5,13H,1,6-8H2,2H3. The fourth-order valence-corrected chi connectivity index (χ4v) is 1.81. The zero-order chi connectivity index (χ0) is 9.97. The van der Waals surface area contributed by atoms with Crippen LogP contribution in [0.4, 0.5) is 0 Å². The highest BCUT2D eigenvalue weighted by Crippen LogP contribution is 2.29. The van der Waals surface area contributed by atoms with Crippen molar-refractivity contribution < 1.29 is 4.74 Å². The molecule has 1 heterocycles. The fourth-order valence-electron chi connectivity index (χ4n) is 1.81. The van der Waals surface area contributed by atoms with E-state index in [0.717, 1.165) is 18.8 Å². The van der Waals surface area contributed by atoms with Crippen molar-refractivity contribution in [2.45, 2.75) is 20.0 Å². The molecule has 1 aromatic rings. The van der Waals surface area contributed by atoms with Gasteiger partial charge in [0.1, 0.15) is 12.4 Å². The molecule has 0 radical (unpaired) electrons. The zero-order valence-electron chi connectivity index (χ0n) is 8.47. The van der Waals surface area contributed by atoms with Crippen molar-refractivity contribution in [1.29, 1.82) is 0 Å². The van der Waals surface area contributed by atoms with Crippen LogP contribution in [0.25, 0.3) is 0 Å². The molecular weight excluding hydrogens is 174 g/mol. The largest absolute Gasteiger partial charge is 0.489 e. The smallest absolute Gasteiger partial charge is 0.127 e. The molecule has 0 aromatic heterocycles. The maximum absolute atomic E-state index is 5.67. The van der Waals surface area contributed by atoms with Crippen LogP contribution in [0.15, 0.2) is 24.8 Å². The molecule has 0 spiro atoms. The number of aryl methyl sites for hydroxylation is 1. The van der Waals surface area contributed by atoms with E-state index in [1.165, 1.54) is 16.7 Å². The van der Waals surface area contributed by atoms with Crippen molar-refractivity contribution in [2.24, 2.45) is 0 Å². The number of benzene rings is 1. The SMILES string of the molecule is C=CCOc1c(C)ccc2c1CNC2. The maximum atomic E-state index is 5.67. The van der Waals surface area contributed by atoms with Crippen molar-refractivity contribution in [3.63, 3.8) is 0 Å². The number of fused-ring (bicyclic) bond motifs is 1. The van der Waals surface area contributed by atoms with Crippen LogP contribution in [-0.2, 0) is 13.1 Å². The van der Waals surface area contributed by atoms with Gasteiger partial charge in [-0.1, -0.05) is 24.8 Å². The Bertz CT molecular complexity index is 358. The second-order valence-electron chi connectivity index (χ2n) is 3.55. The van der Waals surface area contributed by atoms with Crippen molar-refractivity contribution in [3.05, 3.63) is 41.5 Å². The lowest BCUT2D eigenvalue weighted by molar-refractivity contribution is 0.356. The van der Waals surface area contributed by atoms with Crippen LogP contribution in [0.1, 0.15) is 16.7 Å². The van der Waals surface area contributed by atoms with Crippen LogP contribution in [0.2, 0.25) is 0 Å². The average molecular weight is 189 g/mol. The molecule has 2 rings (SSSR count). The molecule has 1 aromatic carbocycles. The van der Waals surface area contributed by atoms with Gasteiger partial charge in [-0.3, -0.25) is 0 Å². The third-order valence-electron chi connectivity index (χ3n) is 2.52. The number of ether oxygens (including phenoxy) is 1. The lowest BCUT2D eigenvalue weighted by Crippen LogP contribution is -2.02. The fraction of sp³-hybridized carbons (Fsp3) is 0.333. The molecule has 0 fully saturated rings. The van der Waals surface area contributed by atoms with Crippen molar-refractivity contribution in [2.75, 3.05) is 6.61 Å². The van der Waals surface area contributed by atoms with E-state index in [0.29, 0.717) is 6.61 Å². The summed E-state index contributed by atoms with van der Waals surface area (Å²) in [7, 11) is 0. The van der Waals surface area contributed by atoms with Gasteiger partial charge >= 0.3 is 0 Å². The Labute approximate surface area is 84.6 Å². The van der Waals surface area contributed by atoms with Gasteiger partial charge in [-0.25, -0.2) is 0 Å². The van der Waals surface area contributed by atoms with Crippen LogP contribution in [0, 0.1) is 6.92 Å². The Morgan fingerprint density at radius 1 is 1.50 bits per heavy atom. The highest BCUT2D eigenvalue weighted by molar-refractivity contribution is 5.47.